The molecule has 0 radical (unpaired) electrons. The summed E-state index contributed by atoms with van der Waals surface area (Å²) >= 11 is 0. The Hall–Kier alpha value is -0.200. The summed E-state index contributed by atoms with van der Waals surface area (Å²) in [6.45, 7) is 6.21. The van der Waals surface area contributed by atoms with Crippen LogP contribution in [0.4, 0.5) is 0 Å². The first kappa shape index (κ1) is 13.8. The molecule has 0 saturated carbocycles. The van der Waals surface area contributed by atoms with Gasteiger partial charge in [-0.15, -0.1) is 0 Å². The lowest BCUT2D eigenvalue weighted by Crippen LogP contribution is -2.46. The Bertz CT molecular complexity index is 145. The van der Waals surface area contributed by atoms with Crippen molar-refractivity contribution >= 4 is 0 Å². The summed E-state index contributed by atoms with van der Waals surface area (Å²) in [4.78, 5) is 0. The van der Waals surface area contributed by atoms with Gasteiger partial charge in [-0.2, -0.15) is 0 Å². The minimum atomic E-state index is -1.73. The fraction of sp³-hybridized carbons (Fsp3) is 1.00. The summed E-state index contributed by atoms with van der Waals surface area (Å²) in [5.41, 5.74) is 5.31. The highest BCUT2D eigenvalue weighted by Gasteiger charge is 2.29. The molecule has 2 unspecified atom stereocenters. The summed E-state index contributed by atoms with van der Waals surface area (Å²) in [7, 11) is 0. The van der Waals surface area contributed by atoms with Crippen LogP contribution >= 0.6 is 0 Å². The highest BCUT2D eigenvalue weighted by atomic mass is 16.9. The van der Waals surface area contributed by atoms with Crippen molar-refractivity contribution in [3.05, 3.63) is 0 Å². The van der Waals surface area contributed by atoms with E-state index in [4.69, 9.17) is 19.9 Å². The van der Waals surface area contributed by atoms with E-state index in [-0.39, 0.29) is 6.54 Å². The van der Waals surface area contributed by atoms with E-state index in [0.717, 1.165) is 6.42 Å². The minimum absolute atomic E-state index is 0.124. The maximum atomic E-state index is 9.64. The first-order valence-electron chi connectivity index (χ1n) is 4.93. The van der Waals surface area contributed by atoms with Crippen molar-refractivity contribution in [2.45, 2.75) is 39.5 Å². The molecular weight excluding hydrogens is 186 g/mol. The molecule has 0 aliphatic heterocycles. The standard InChI is InChI=1S/C9H21NO4/c1-4-6-12-8(3)14-9(11,7-10)13-5-2/h8,11H,4-7,10H2,1-3H3. The average Bonchev–Trinajstić information content (AvgIpc) is 2.15. The van der Waals surface area contributed by atoms with Gasteiger partial charge in [0.15, 0.2) is 6.29 Å². The molecule has 0 aliphatic carbocycles. The number of hydrogen-bond acceptors (Lipinski definition) is 5. The van der Waals surface area contributed by atoms with Gasteiger partial charge in [0.1, 0.15) is 0 Å². The lowest BCUT2D eigenvalue weighted by molar-refractivity contribution is -0.393. The highest BCUT2D eigenvalue weighted by molar-refractivity contribution is 4.54. The lowest BCUT2D eigenvalue weighted by Gasteiger charge is -2.28. The Balaban J connectivity index is 3.89. The second-order valence-corrected chi connectivity index (χ2v) is 2.91. The van der Waals surface area contributed by atoms with Crippen LogP contribution in [0.5, 0.6) is 0 Å². The van der Waals surface area contributed by atoms with Crippen molar-refractivity contribution < 1.29 is 19.3 Å². The molecule has 0 amide bonds. The molecule has 5 heteroatoms. The molecule has 2 atom stereocenters. The van der Waals surface area contributed by atoms with Crippen molar-refractivity contribution in [2.75, 3.05) is 19.8 Å². The van der Waals surface area contributed by atoms with E-state index in [0.29, 0.717) is 13.2 Å². The molecule has 14 heavy (non-hydrogen) atoms. The largest absolute Gasteiger partial charge is 0.353 e. The zero-order valence-corrected chi connectivity index (χ0v) is 9.16. The number of rotatable bonds is 8. The van der Waals surface area contributed by atoms with Gasteiger partial charge in [-0.3, -0.25) is 4.74 Å². The van der Waals surface area contributed by atoms with Crippen molar-refractivity contribution in [1.29, 1.82) is 0 Å². The second-order valence-electron chi connectivity index (χ2n) is 2.91. The van der Waals surface area contributed by atoms with Crippen molar-refractivity contribution in [3.8, 4) is 0 Å². The molecule has 0 spiro atoms. The normalized spacial score (nSPS) is 17.8. The smallest absolute Gasteiger partial charge is 0.295 e. The van der Waals surface area contributed by atoms with Gasteiger partial charge in [0.25, 0.3) is 5.97 Å². The molecule has 86 valence electrons. The van der Waals surface area contributed by atoms with E-state index in [1.807, 2.05) is 6.92 Å². The monoisotopic (exact) mass is 207 g/mol. The summed E-state index contributed by atoms with van der Waals surface area (Å²) in [6, 6.07) is 0. The maximum Gasteiger partial charge on any atom is 0.295 e. The predicted octanol–water partition coefficient (Wildman–Crippen LogP) is 0.417. The minimum Gasteiger partial charge on any atom is -0.353 e. The molecule has 5 nitrogen and oxygen atoms in total. The molecule has 0 fully saturated rings. The maximum absolute atomic E-state index is 9.64. The quantitative estimate of drug-likeness (QED) is 0.564. The number of aliphatic hydroxyl groups is 1. The predicted molar refractivity (Wildman–Crippen MR) is 52.4 cm³/mol. The molecule has 0 aromatic rings. The van der Waals surface area contributed by atoms with Gasteiger partial charge >= 0.3 is 0 Å². The Morgan fingerprint density at radius 2 is 2.07 bits per heavy atom. The van der Waals surface area contributed by atoms with Gasteiger partial charge in [0.05, 0.1) is 6.54 Å². The van der Waals surface area contributed by atoms with Gasteiger partial charge in [0, 0.05) is 13.2 Å². The van der Waals surface area contributed by atoms with E-state index >= 15 is 0 Å². The van der Waals surface area contributed by atoms with Crippen LogP contribution in [0, 0.1) is 0 Å². The molecule has 0 saturated heterocycles. The third-order valence-corrected chi connectivity index (χ3v) is 1.53. The van der Waals surface area contributed by atoms with Gasteiger partial charge in [0.2, 0.25) is 0 Å². The van der Waals surface area contributed by atoms with Crippen LogP contribution in [0.25, 0.3) is 0 Å². The summed E-state index contributed by atoms with van der Waals surface area (Å²) in [6.07, 6.45) is 0.360. The fourth-order valence-electron chi connectivity index (χ4n) is 0.944. The molecule has 3 N–H and O–H groups in total. The number of nitrogens with two attached hydrogens (primary N) is 1. The Labute approximate surface area is 85.1 Å². The van der Waals surface area contributed by atoms with Crippen molar-refractivity contribution in [3.63, 3.8) is 0 Å². The fourth-order valence-corrected chi connectivity index (χ4v) is 0.944. The van der Waals surface area contributed by atoms with E-state index in [1.54, 1.807) is 13.8 Å². The molecule has 0 aromatic heterocycles. The van der Waals surface area contributed by atoms with Crippen LogP contribution in [0.15, 0.2) is 0 Å². The third kappa shape index (κ3) is 5.51. The Morgan fingerprint density at radius 3 is 2.50 bits per heavy atom. The molecular formula is C9H21NO4. The SMILES string of the molecule is CCCOC(C)OC(O)(CN)OCC. The first-order chi connectivity index (χ1) is 6.58. The summed E-state index contributed by atoms with van der Waals surface area (Å²) in [5.74, 6) is -1.73. The zero-order valence-electron chi connectivity index (χ0n) is 9.16. The number of hydrogen-bond donors (Lipinski definition) is 2. The van der Waals surface area contributed by atoms with Crippen LogP contribution < -0.4 is 5.73 Å². The summed E-state index contributed by atoms with van der Waals surface area (Å²) in [5, 5.41) is 9.64. The first-order valence-corrected chi connectivity index (χ1v) is 4.93. The van der Waals surface area contributed by atoms with Crippen LogP contribution in [0.3, 0.4) is 0 Å². The van der Waals surface area contributed by atoms with Crippen molar-refractivity contribution in [2.24, 2.45) is 5.73 Å². The van der Waals surface area contributed by atoms with Gasteiger partial charge in [-0.05, 0) is 20.3 Å². The van der Waals surface area contributed by atoms with E-state index in [2.05, 4.69) is 0 Å². The van der Waals surface area contributed by atoms with E-state index in [1.165, 1.54) is 0 Å². The second kappa shape index (κ2) is 7.14. The third-order valence-electron chi connectivity index (χ3n) is 1.53. The zero-order chi connectivity index (χ0) is 11.0. The molecule has 0 bridgehead atoms. The Morgan fingerprint density at radius 1 is 1.43 bits per heavy atom. The van der Waals surface area contributed by atoms with Crippen LogP contribution in [0.1, 0.15) is 27.2 Å². The number of ether oxygens (including phenoxy) is 3. The average molecular weight is 207 g/mol. The van der Waals surface area contributed by atoms with Crippen LogP contribution in [-0.2, 0) is 14.2 Å². The van der Waals surface area contributed by atoms with Gasteiger partial charge in [-0.25, -0.2) is 0 Å². The molecule has 0 aromatic carbocycles. The highest BCUT2D eigenvalue weighted by Crippen LogP contribution is 2.11. The molecule has 0 rings (SSSR count). The van der Waals surface area contributed by atoms with E-state index < -0.39 is 12.3 Å². The van der Waals surface area contributed by atoms with Crippen LogP contribution in [0.2, 0.25) is 0 Å². The molecule has 0 heterocycles. The summed E-state index contributed by atoms with van der Waals surface area (Å²) < 4.78 is 15.3. The van der Waals surface area contributed by atoms with E-state index in [9.17, 15) is 5.11 Å². The topological polar surface area (TPSA) is 73.9 Å². The van der Waals surface area contributed by atoms with Crippen LogP contribution in [-0.4, -0.2) is 37.1 Å². The van der Waals surface area contributed by atoms with Crippen molar-refractivity contribution in [1.82, 2.24) is 0 Å². The van der Waals surface area contributed by atoms with Gasteiger partial charge in [-0.1, -0.05) is 6.92 Å². The van der Waals surface area contributed by atoms with Gasteiger partial charge < -0.3 is 20.3 Å². The molecule has 0 aliphatic rings. The Kier molecular flexibility index (Phi) is 7.04. The lowest BCUT2D eigenvalue weighted by atomic mass is 10.5.